The van der Waals surface area contributed by atoms with Gasteiger partial charge in [0.05, 0.1) is 6.54 Å². The first-order chi connectivity index (χ1) is 14.1. The molecule has 4 rings (SSSR count). The quantitative estimate of drug-likeness (QED) is 0.787. The number of carbonyl (C=O) groups is 2. The molecule has 1 N–H and O–H groups in total. The fourth-order valence-corrected chi connectivity index (χ4v) is 3.48. The van der Waals surface area contributed by atoms with Gasteiger partial charge in [0.2, 0.25) is 5.91 Å². The summed E-state index contributed by atoms with van der Waals surface area (Å²) in [6.07, 6.45) is -0.260. The van der Waals surface area contributed by atoms with Crippen molar-refractivity contribution < 1.29 is 19.1 Å². The van der Waals surface area contributed by atoms with Gasteiger partial charge in [-0.3, -0.25) is 4.79 Å². The zero-order valence-electron chi connectivity index (χ0n) is 15.8. The van der Waals surface area contributed by atoms with Gasteiger partial charge in [-0.15, -0.1) is 0 Å². The molecule has 0 saturated carbocycles. The zero-order valence-corrected chi connectivity index (χ0v) is 16.6. The number of halogens is 1. The molecule has 0 bridgehead atoms. The van der Waals surface area contributed by atoms with Gasteiger partial charge in [-0.2, -0.15) is 0 Å². The van der Waals surface area contributed by atoms with E-state index in [1.807, 2.05) is 36.4 Å². The van der Waals surface area contributed by atoms with Crippen LogP contribution < -0.4 is 14.8 Å². The van der Waals surface area contributed by atoms with Crippen molar-refractivity contribution >= 4 is 23.5 Å². The summed E-state index contributed by atoms with van der Waals surface area (Å²) in [7, 11) is 0. The van der Waals surface area contributed by atoms with Crippen LogP contribution in [0.5, 0.6) is 11.5 Å². The second kappa shape index (κ2) is 8.61. The molecule has 7 nitrogen and oxygen atoms in total. The van der Waals surface area contributed by atoms with E-state index in [4.69, 9.17) is 21.1 Å². The molecule has 1 saturated heterocycles. The molecule has 152 valence electrons. The van der Waals surface area contributed by atoms with Crippen molar-refractivity contribution in [3.05, 3.63) is 59.1 Å². The number of rotatable bonds is 6. The Morgan fingerprint density at radius 2 is 1.79 bits per heavy atom. The second-order valence-electron chi connectivity index (χ2n) is 7.05. The zero-order chi connectivity index (χ0) is 20.2. The van der Waals surface area contributed by atoms with Crippen LogP contribution in [0.3, 0.4) is 0 Å². The molecule has 8 heteroatoms. The van der Waals surface area contributed by atoms with Crippen molar-refractivity contribution in [2.45, 2.75) is 12.6 Å². The fourth-order valence-electron chi connectivity index (χ4n) is 3.36. The molecule has 0 aromatic heterocycles. The Morgan fingerprint density at radius 3 is 2.59 bits per heavy atom. The Balaban J connectivity index is 1.23. The summed E-state index contributed by atoms with van der Waals surface area (Å²) in [5, 5.41) is 3.49. The summed E-state index contributed by atoms with van der Waals surface area (Å²) in [6.45, 7) is 2.33. The van der Waals surface area contributed by atoms with Crippen LogP contribution >= 0.6 is 11.6 Å². The number of carbonyl (C=O) groups excluding carboxylic acids is 2. The van der Waals surface area contributed by atoms with E-state index >= 15 is 0 Å². The summed E-state index contributed by atoms with van der Waals surface area (Å²) >= 11 is 5.90. The minimum atomic E-state index is -0.260. The molecule has 0 aliphatic carbocycles. The van der Waals surface area contributed by atoms with Crippen LogP contribution in [-0.4, -0.2) is 60.6 Å². The van der Waals surface area contributed by atoms with Crippen molar-refractivity contribution in [3.63, 3.8) is 0 Å². The topological polar surface area (TPSA) is 71.1 Å². The summed E-state index contributed by atoms with van der Waals surface area (Å²) in [4.78, 5) is 28.1. The van der Waals surface area contributed by atoms with E-state index in [0.717, 1.165) is 5.56 Å². The lowest BCUT2D eigenvalue weighted by molar-refractivity contribution is -0.122. The summed E-state index contributed by atoms with van der Waals surface area (Å²) in [5.74, 6) is 1.17. The molecule has 2 aromatic rings. The van der Waals surface area contributed by atoms with E-state index in [-0.39, 0.29) is 24.6 Å². The van der Waals surface area contributed by atoms with Gasteiger partial charge in [-0.1, -0.05) is 35.9 Å². The maximum absolute atomic E-state index is 12.6. The SMILES string of the molecule is O=C(CN1CCN(Cc2ccc(Cl)cc2)C1=O)NCC1COc2ccccc2O1. The average Bonchev–Trinajstić information content (AvgIpc) is 3.07. The van der Waals surface area contributed by atoms with Gasteiger partial charge < -0.3 is 24.6 Å². The third-order valence-corrected chi connectivity index (χ3v) is 5.15. The molecule has 0 radical (unpaired) electrons. The Labute approximate surface area is 174 Å². The number of ether oxygens (including phenoxy) is 2. The fraction of sp³-hybridized carbons (Fsp3) is 0.333. The Hall–Kier alpha value is -2.93. The Bertz CT molecular complexity index is 890. The lowest BCUT2D eigenvalue weighted by Crippen LogP contribution is -2.45. The van der Waals surface area contributed by atoms with Gasteiger partial charge in [-0.05, 0) is 29.8 Å². The van der Waals surface area contributed by atoms with Crippen LogP contribution in [0.4, 0.5) is 4.79 Å². The molecule has 2 aliphatic rings. The number of urea groups is 1. The van der Waals surface area contributed by atoms with Gasteiger partial charge in [-0.25, -0.2) is 4.79 Å². The normalized spacial score (nSPS) is 18.1. The van der Waals surface area contributed by atoms with E-state index in [1.54, 1.807) is 21.9 Å². The summed E-state index contributed by atoms with van der Waals surface area (Å²) in [5.41, 5.74) is 1.00. The molecule has 2 heterocycles. The predicted octanol–water partition coefficient (Wildman–Crippen LogP) is 2.53. The molecule has 3 amide bonds. The van der Waals surface area contributed by atoms with Gasteiger partial charge in [0.1, 0.15) is 19.3 Å². The maximum atomic E-state index is 12.6. The minimum Gasteiger partial charge on any atom is -0.486 e. The number of amides is 3. The molecule has 2 aromatic carbocycles. The van der Waals surface area contributed by atoms with Crippen LogP contribution in [0.15, 0.2) is 48.5 Å². The first kappa shape index (κ1) is 19.4. The average molecular weight is 416 g/mol. The molecule has 1 unspecified atom stereocenters. The standard InChI is InChI=1S/C21H22ClN3O4/c22-16-7-5-15(6-8-16)12-24-9-10-25(21(24)27)13-20(26)23-11-17-14-28-18-3-1-2-4-19(18)29-17/h1-8,17H,9-14H2,(H,23,26). The number of benzene rings is 2. The molecular formula is C21H22ClN3O4. The lowest BCUT2D eigenvalue weighted by Gasteiger charge is -2.26. The molecular weight excluding hydrogens is 394 g/mol. The van der Waals surface area contributed by atoms with Crippen LogP contribution in [0.1, 0.15) is 5.56 Å². The van der Waals surface area contributed by atoms with Gasteiger partial charge >= 0.3 is 6.03 Å². The third kappa shape index (κ3) is 4.74. The molecule has 2 aliphatic heterocycles. The number of fused-ring (bicyclic) bond motifs is 1. The van der Waals surface area contributed by atoms with Crippen LogP contribution in [-0.2, 0) is 11.3 Å². The predicted molar refractivity (Wildman–Crippen MR) is 108 cm³/mol. The van der Waals surface area contributed by atoms with E-state index in [2.05, 4.69) is 5.32 Å². The Kier molecular flexibility index (Phi) is 5.76. The highest BCUT2D eigenvalue weighted by Gasteiger charge is 2.30. The Morgan fingerprint density at radius 1 is 1.07 bits per heavy atom. The number of para-hydroxylation sites is 2. The smallest absolute Gasteiger partial charge is 0.320 e. The third-order valence-electron chi connectivity index (χ3n) is 4.90. The molecule has 0 spiro atoms. The van der Waals surface area contributed by atoms with Crippen LogP contribution in [0.25, 0.3) is 0 Å². The monoisotopic (exact) mass is 415 g/mol. The van der Waals surface area contributed by atoms with Crippen LogP contribution in [0, 0.1) is 0 Å². The highest BCUT2D eigenvalue weighted by Crippen LogP contribution is 2.30. The number of nitrogens with zero attached hydrogens (tertiary/aromatic N) is 2. The summed E-state index contributed by atoms with van der Waals surface area (Å²) < 4.78 is 11.5. The number of hydrogen-bond acceptors (Lipinski definition) is 4. The molecule has 29 heavy (non-hydrogen) atoms. The molecule has 1 atom stereocenters. The molecule has 1 fully saturated rings. The van der Waals surface area contributed by atoms with Gasteiger partial charge in [0.15, 0.2) is 11.5 Å². The summed E-state index contributed by atoms with van der Waals surface area (Å²) in [6, 6.07) is 14.7. The van der Waals surface area contributed by atoms with E-state index in [0.29, 0.717) is 49.3 Å². The number of nitrogens with one attached hydrogen (secondary N) is 1. The van der Waals surface area contributed by atoms with E-state index in [1.165, 1.54) is 0 Å². The van der Waals surface area contributed by atoms with Crippen molar-refractivity contribution in [1.82, 2.24) is 15.1 Å². The van der Waals surface area contributed by atoms with Gasteiger partial charge in [0, 0.05) is 24.7 Å². The van der Waals surface area contributed by atoms with Crippen molar-refractivity contribution in [1.29, 1.82) is 0 Å². The van der Waals surface area contributed by atoms with E-state index in [9.17, 15) is 9.59 Å². The first-order valence-corrected chi connectivity index (χ1v) is 9.90. The number of hydrogen-bond donors (Lipinski definition) is 1. The highest BCUT2D eigenvalue weighted by molar-refractivity contribution is 6.30. The van der Waals surface area contributed by atoms with Gasteiger partial charge in [0.25, 0.3) is 0 Å². The van der Waals surface area contributed by atoms with Crippen molar-refractivity contribution in [2.75, 3.05) is 32.8 Å². The largest absolute Gasteiger partial charge is 0.486 e. The maximum Gasteiger partial charge on any atom is 0.320 e. The highest BCUT2D eigenvalue weighted by atomic mass is 35.5. The van der Waals surface area contributed by atoms with Crippen molar-refractivity contribution in [3.8, 4) is 11.5 Å². The van der Waals surface area contributed by atoms with E-state index < -0.39 is 0 Å². The minimum absolute atomic E-state index is 0.0279. The van der Waals surface area contributed by atoms with Crippen molar-refractivity contribution in [2.24, 2.45) is 0 Å². The van der Waals surface area contributed by atoms with Crippen LogP contribution in [0.2, 0.25) is 5.02 Å². The first-order valence-electron chi connectivity index (χ1n) is 9.52. The second-order valence-corrected chi connectivity index (χ2v) is 7.49. The lowest BCUT2D eigenvalue weighted by atomic mass is 10.2.